The van der Waals surface area contributed by atoms with E-state index in [-0.39, 0.29) is 0 Å². The molecular formula is C18H23N. The van der Waals surface area contributed by atoms with Gasteiger partial charge < -0.3 is 5.32 Å². The predicted octanol–water partition coefficient (Wildman–Crippen LogP) is 4.41. The summed E-state index contributed by atoms with van der Waals surface area (Å²) < 4.78 is 0. The summed E-state index contributed by atoms with van der Waals surface area (Å²) in [6.45, 7) is 7.49. The van der Waals surface area contributed by atoms with Gasteiger partial charge in [0.05, 0.1) is 0 Å². The first-order valence-corrected chi connectivity index (χ1v) is 7.07. The third-order valence-electron chi connectivity index (χ3n) is 3.68. The molecule has 0 spiro atoms. The molecule has 0 bridgehead atoms. The van der Waals surface area contributed by atoms with Gasteiger partial charge in [0.15, 0.2) is 0 Å². The van der Waals surface area contributed by atoms with Crippen LogP contribution in [-0.2, 0) is 13.0 Å². The van der Waals surface area contributed by atoms with E-state index in [1.807, 2.05) is 0 Å². The van der Waals surface area contributed by atoms with Crippen LogP contribution in [0.25, 0.3) is 0 Å². The summed E-state index contributed by atoms with van der Waals surface area (Å²) >= 11 is 0. The Balaban J connectivity index is 2.00. The van der Waals surface area contributed by atoms with Gasteiger partial charge in [-0.3, -0.25) is 0 Å². The molecule has 0 aromatic heterocycles. The van der Waals surface area contributed by atoms with E-state index < -0.39 is 0 Å². The second kappa shape index (κ2) is 6.53. The molecular weight excluding hydrogens is 230 g/mol. The average molecular weight is 253 g/mol. The van der Waals surface area contributed by atoms with E-state index in [9.17, 15) is 0 Å². The van der Waals surface area contributed by atoms with Crippen LogP contribution in [0.5, 0.6) is 0 Å². The molecule has 0 saturated heterocycles. The molecule has 1 nitrogen and oxygen atoms in total. The smallest absolute Gasteiger partial charge is 0.0294 e. The van der Waals surface area contributed by atoms with Crippen molar-refractivity contribution >= 4 is 0 Å². The van der Waals surface area contributed by atoms with Crippen LogP contribution in [0.15, 0.2) is 48.5 Å². The fourth-order valence-electron chi connectivity index (χ4n) is 2.31. The standard InChI is InChI=1S/C18H23N/c1-4-16-7-5-6-8-18(16)13-19-15(3)17-11-9-14(2)10-12-17/h5-12,15,19H,4,13H2,1-3H3/t15-/m0/s1. The Labute approximate surface area is 116 Å². The van der Waals surface area contributed by atoms with E-state index in [0.29, 0.717) is 6.04 Å². The number of benzene rings is 2. The van der Waals surface area contributed by atoms with Gasteiger partial charge >= 0.3 is 0 Å². The Morgan fingerprint density at radius 3 is 2.21 bits per heavy atom. The molecule has 0 heterocycles. The zero-order valence-corrected chi connectivity index (χ0v) is 12.1. The summed E-state index contributed by atoms with van der Waals surface area (Å²) in [5.41, 5.74) is 5.50. The van der Waals surface area contributed by atoms with Crippen molar-refractivity contribution in [3.63, 3.8) is 0 Å². The van der Waals surface area contributed by atoms with Crippen LogP contribution < -0.4 is 5.32 Å². The SMILES string of the molecule is CCc1ccccc1CN[C@@H](C)c1ccc(C)cc1. The lowest BCUT2D eigenvalue weighted by Gasteiger charge is -2.16. The lowest BCUT2D eigenvalue weighted by molar-refractivity contribution is 0.572. The summed E-state index contributed by atoms with van der Waals surface area (Å²) in [6, 6.07) is 17.8. The Morgan fingerprint density at radius 1 is 0.947 bits per heavy atom. The molecule has 0 radical (unpaired) electrons. The summed E-state index contributed by atoms with van der Waals surface area (Å²) in [4.78, 5) is 0. The molecule has 2 rings (SSSR count). The number of hydrogen-bond donors (Lipinski definition) is 1. The van der Waals surface area contributed by atoms with E-state index in [4.69, 9.17) is 0 Å². The molecule has 1 heteroatoms. The molecule has 0 fully saturated rings. The summed E-state index contributed by atoms with van der Waals surface area (Å²) in [5, 5.41) is 3.61. The maximum Gasteiger partial charge on any atom is 0.0294 e. The van der Waals surface area contributed by atoms with Crippen LogP contribution in [-0.4, -0.2) is 0 Å². The first-order chi connectivity index (χ1) is 9.20. The second-order valence-corrected chi connectivity index (χ2v) is 5.14. The quantitative estimate of drug-likeness (QED) is 0.832. The molecule has 1 atom stereocenters. The molecule has 19 heavy (non-hydrogen) atoms. The number of rotatable bonds is 5. The van der Waals surface area contributed by atoms with Crippen molar-refractivity contribution in [1.82, 2.24) is 5.32 Å². The highest BCUT2D eigenvalue weighted by Crippen LogP contribution is 2.15. The van der Waals surface area contributed by atoms with Crippen molar-refractivity contribution in [2.24, 2.45) is 0 Å². The number of nitrogens with one attached hydrogen (secondary N) is 1. The van der Waals surface area contributed by atoms with E-state index in [1.54, 1.807) is 0 Å². The first kappa shape index (κ1) is 13.8. The van der Waals surface area contributed by atoms with Gasteiger partial charge in [0.2, 0.25) is 0 Å². The van der Waals surface area contributed by atoms with Crippen LogP contribution in [0.1, 0.15) is 42.1 Å². The van der Waals surface area contributed by atoms with Gasteiger partial charge in [-0.15, -0.1) is 0 Å². The summed E-state index contributed by atoms with van der Waals surface area (Å²) in [7, 11) is 0. The Morgan fingerprint density at radius 2 is 1.58 bits per heavy atom. The van der Waals surface area contributed by atoms with Crippen LogP contribution in [0.2, 0.25) is 0 Å². The Hall–Kier alpha value is -1.60. The fourth-order valence-corrected chi connectivity index (χ4v) is 2.31. The first-order valence-electron chi connectivity index (χ1n) is 7.07. The van der Waals surface area contributed by atoms with Crippen LogP contribution >= 0.6 is 0 Å². The van der Waals surface area contributed by atoms with Gasteiger partial charge in [-0.05, 0) is 37.0 Å². The molecule has 0 aliphatic heterocycles. The van der Waals surface area contributed by atoms with Crippen LogP contribution in [0.4, 0.5) is 0 Å². The highest BCUT2D eigenvalue weighted by Gasteiger charge is 2.05. The van der Waals surface area contributed by atoms with Crippen molar-refractivity contribution in [3.8, 4) is 0 Å². The number of aryl methyl sites for hydroxylation is 2. The van der Waals surface area contributed by atoms with Crippen molar-refractivity contribution in [2.75, 3.05) is 0 Å². The lowest BCUT2D eigenvalue weighted by Crippen LogP contribution is -2.18. The van der Waals surface area contributed by atoms with E-state index in [2.05, 4.69) is 74.6 Å². The van der Waals surface area contributed by atoms with Gasteiger partial charge in [-0.25, -0.2) is 0 Å². The molecule has 1 N–H and O–H groups in total. The summed E-state index contributed by atoms with van der Waals surface area (Å²) in [6.07, 6.45) is 1.09. The van der Waals surface area contributed by atoms with Crippen molar-refractivity contribution in [2.45, 2.75) is 39.8 Å². The van der Waals surface area contributed by atoms with Gasteiger partial charge in [0.25, 0.3) is 0 Å². The summed E-state index contributed by atoms with van der Waals surface area (Å²) in [5.74, 6) is 0. The molecule has 0 unspecified atom stereocenters. The van der Waals surface area contributed by atoms with Crippen molar-refractivity contribution < 1.29 is 0 Å². The van der Waals surface area contributed by atoms with E-state index in [0.717, 1.165) is 13.0 Å². The van der Waals surface area contributed by atoms with Gasteiger partial charge in [-0.1, -0.05) is 61.0 Å². The van der Waals surface area contributed by atoms with Gasteiger partial charge in [0, 0.05) is 12.6 Å². The molecule has 0 amide bonds. The highest BCUT2D eigenvalue weighted by atomic mass is 14.9. The maximum absolute atomic E-state index is 3.61. The minimum absolute atomic E-state index is 0.380. The maximum atomic E-state index is 3.61. The Bertz CT molecular complexity index is 513. The van der Waals surface area contributed by atoms with Crippen LogP contribution in [0, 0.1) is 6.92 Å². The molecule has 2 aromatic carbocycles. The Kier molecular flexibility index (Phi) is 4.75. The minimum Gasteiger partial charge on any atom is -0.306 e. The van der Waals surface area contributed by atoms with Gasteiger partial charge in [-0.2, -0.15) is 0 Å². The predicted molar refractivity (Wildman–Crippen MR) is 82.3 cm³/mol. The molecule has 0 aliphatic carbocycles. The lowest BCUT2D eigenvalue weighted by atomic mass is 10.0. The normalized spacial score (nSPS) is 12.4. The molecule has 0 saturated carbocycles. The fraction of sp³-hybridized carbons (Fsp3) is 0.333. The minimum atomic E-state index is 0.380. The molecule has 100 valence electrons. The van der Waals surface area contributed by atoms with Gasteiger partial charge in [0.1, 0.15) is 0 Å². The zero-order chi connectivity index (χ0) is 13.7. The average Bonchev–Trinajstić information content (AvgIpc) is 2.45. The largest absolute Gasteiger partial charge is 0.306 e. The zero-order valence-electron chi connectivity index (χ0n) is 12.1. The second-order valence-electron chi connectivity index (χ2n) is 5.14. The third kappa shape index (κ3) is 3.68. The van der Waals surface area contributed by atoms with E-state index in [1.165, 1.54) is 22.3 Å². The topological polar surface area (TPSA) is 12.0 Å². The monoisotopic (exact) mass is 253 g/mol. The van der Waals surface area contributed by atoms with Crippen molar-refractivity contribution in [1.29, 1.82) is 0 Å². The number of hydrogen-bond acceptors (Lipinski definition) is 1. The molecule has 2 aromatic rings. The third-order valence-corrected chi connectivity index (χ3v) is 3.68. The van der Waals surface area contributed by atoms with Crippen molar-refractivity contribution in [3.05, 3.63) is 70.8 Å². The molecule has 0 aliphatic rings. The van der Waals surface area contributed by atoms with E-state index >= 15 is 0 Å². The highest BCUT2D eigenvalue weighted by molar-refractivity contribution is 5.28. The van der Waals surface area contributed by atoms with Crippen LogP contribution in [0.3, 0.4) is 0 Å².